The summed E-state index contributed by atoms with van der Waals surface area (Å²) in [7, 11) is 1.61. The predicted octanol–water partition coefficient (Wildman–Crippen LogP) is 3.17. The first-order valence-corrected chi connectivity index (χ1v) is 11.1. The molecule has 1 aliphatic rings. The van der Waals surface area contributed by atoms with Crippen molar-refractivity contribution in [2.24, 2.45) is 0 Å². The van der Waals surface area contributed by atoms with E-state index in [2.05, 4.69) is 0 Å². The largest absolute Gasteiger partial charge is 0.493 e. The smallest absolute Gasteiger partial charge is 0.226 e. The summed E-state index contributed by atoms with van der Waals surface area (Å²) in [6.07, 6.45) is 1.40. The minimum atomic E-state index is 0.0644. The summed E-state index contributed by atoms with van der Waals surface area (Å²) >= 11 is 0. The van der Waals surface area contributed by atoms with Gasteiger partial charge in [0.1, 0.15) is 5.75 Å². The zero-order chi connectivity index (χ0) is 22.8. The van der Waals surface area contributed by atoms with E-state index < -0.39 is 0 Å². The molecule has 0 bridgehead atoms. The predicted molar refractivity (Wildman–Crippen MR) is 122 cm³/mol. The van der Waals surface area contributed by atoms with Crippen molar-refractivity contribution in [3.63, 3.8) is 0 Å². The number of hydrogen-bond donors (Lipinski definition) is 0. The van der Waals surface area contributed by atoms with Crippen LogP contribution in [0.1, 0.15) is 25.3 Å². The maximum Gasteiger partial charge on any atom is 0.226 e. The molecule has 0 aliphatic carbocycles. The molecule has 1 heterocycles. The second-order valence-corrected chi connectivity index (χ2v) is 7.59. The van der Waals surface area contributed by atoms with Crippen LogP contribution in [0, 0.1) is 0 Å². The fourth-order valence-corrected chi connectivity index (χ4v) is 3.69. The highest BCUT2D eigenvalue weighted by atomic mass is 16.5. The molecule has 2 aromatic rings. The number of para-hydroxylation sites is 1. The number of methoxy groups -OCH3 is 1. The number of rotatable bonds is 10. The van der Waals surface area contributed by atoms with E-state index in [-0.39, 0.29) is 11.8 Å². The Balaban J connectivity index is 1.39. The summed E-state index contributed by atoms with van der Waals surface area (Å²) in [5.41, 5.74) is 1.03. The molecule has 0 aromatic heterocycles. The van der Waals surface area contributed by atoms with Crippen molar-refractivity contribution in [2.75, 3.05) is 46.5 Å². The number of nitrogens with zero attached hydrogens (tertiary/aromatic N) is 2. The third-order valence-corrected chi connectivity index (χ3v) is 5.47. The quantitative estimate of drug-likeness (QED) is 0.568. The van der Waals surface area contributed by atoms with Crippen LogP contribution < -0.4 is 14.2 Å². The van der Waals surface area contributed by atoms with E-state index in [1.165, 1.54) is 0 Å². The van der Waals surface area contributed by atoms with Gasteiger partial charge in [-0.15, -0.1) is 0 Å². The average molecular weight is 441 g/mol. The molecule has 172 valence electrons. The molecule has 0 N–H and O–H groups in total. The van der Waals surface area contributed by atoms with Crippen LogP contribution in [-0.2, 0) is 16.0 Å². The Labute approximate surface area is 189 Å². The number of piperazine rings is 1. The SMILES string of the molecule is CCOc1ccc(CCC(=O)N2CCN(C(=O)CCOc3ccccc3)CC2)cc1OC. The van der Waals surface area contributed by atoms with Crippen LogP contribution in [0.2, 0.25) is 0 Å². The zero-order valence-corrected chi connectivity index (χ0v) is 18.9. The van der Waals surface area contributed by atoms with Crippen LogP contribution in [0.25, 0.3) is 0 Å². The molecule has 1 aliphatic heterocycles. The molecule has 0 saturated carbocycles. The Hall–Kier alpha value is -3.22. The Morgan fingerprint density at radius 3 is 2.12 bits per heavy atom. The summed E-state index contributed by atoms with van der Waals surface area (Å²) in [6, 6.07) is 15.2. The van der Waals surface area contributed by atoms with E-state index in [0.717, 1.165) is 11.3 Å². The third kappa shape index (κ3) is 6.64. The van der Waals surface area contributed by atoms with Gasteiger partial charge in [-0.25, -0.2) is 0 Å². The van der Waals surface area contributed by atoms with Gasteiger partial charge in [0, 0.05) is 32.6 Å². The van der Waals surface area contributed by atoms with Crippen LogP contribution in [0.3, 0.4) is 0 Å². The van der Waals surface area contributed by atoms with Crippen LogP contribution in [0.15, 0.2) is 48.5 Å². The number of amides is 2. The fraction of sp³-hybridized carbons (Fsp3) is 0.440. The van der Waals surface area contributed by atoms with Gasteiger partial charge >= 0.3 is 0 Å². The van der Waals surface area contributed by atoms with E-state index in [9.17, 15) is 9.59 Å². The highest BCUT2D eigenvalue weighted by Crippen LogP contribution is 2.28. The molecule has 3 rings (SSSR count). The van der Waals surface area contributed by atoms with E-state index in [1.807, 2.05) is 65.3 Å². The van der Waals surface area contributed by atoms with Gasteiger partial charge in [0.2, 0.25) is 11.8 Å². The summed E-state index contributed by atoms with van der Waals surface area (Å²) in [5, 5.41) is 0. The standard InChI is InChI=1S/C25H32N2O5/c1-3-31-22-11-9-20(19-23(22)30-2)10-12-24(28)26-14-16-27(17-15-26)25(29)13-18-32-21-7-5-4-6-8-21/h4-9,11,19H,3,10,12-18H2,1-2H3. The minimum absolute atomic E-state index is 0.0644. The van der Waals surface area contributed by atoms with Gasteiger partial charge < -0.3 is 24.0 Å². The van der Waals surface area contributed by atoms with E-state index in [1.54, 1.807) is 7.11 Å². The fourth-order valence-electron chi connectivity index (χ4n) is 3.69. The molecule has 7 nitrogen and oxygen atoms in total. The van der Waals surface area contributed by atoms with Crippen molar-refractivity contribution >= 4 is 11.8 Å². The maximum atomic E-state index is 12.6. The number of ether oxygens (including phenoxy) is 3. The van der Waals surface area contributed by atoms with Crippen LogP contribution >= 0.6 is 0 Å². The Morgan fingerprint density at radius 2 is 1.50 bits per heavy atom. The monoisotopic (exact) mass is 440 g/mol. The number of carbonyl (C=O) groups is 2. The van der Waals surface area contributed by atoms with Crippen LogP contribution in [-0.4, -0.2) is 68.1 Å². The number of benzene rings is 2. The summed E-state index contributed by atoms with van der Waals surface area (Å²) in [5.74, 6) is 2.33. The summed E-state index contributed by atoms with van der Waals surface area (Å²) in [6.45, 7) is 5.11. The molecule has 7 heteroatoms. The molecule has 0 unspecified atom stereocenters. The first kappa shape index (κ1) is 23.4. The number of carbonyl (C=O) groups excluding carboxylic acids is 2. The van der Waals surface area contributed by atoms with Gasteiger partial charge in [0.25, 0.3) is 0 Å². The topological polar surface area (TPSA) is 68.3 Å². The second kappa shape index (κ2) is 12.0. The van der Waals surface area contributed by atoms with E-state index in [4.69, 9.17) is 14.2 Å². The van der Waals surface area contributed by atoms with Crippen molar-refractivity contribution in [1.29, 1.82) is 0 Å². The highest BCUT2D eigenvalue weighted by molar-refractivity contribution is 5.78. The first-order valence-electron chi connectivity index (χ1n) is 11.1. The summed E-state index contributed by atoms with van der Waals surface area (Å²) < 4.78 is 16.5. The van der Waals surface area contributed by atoms with E-state index >= 15 is 0 Å². The Kier molecular flexibility index (Phi) is 8.78. The van der Waals surface area contributed by atoms with Crippen LogP contribution in [0.4, 0.5) is 0 Å². The van der Waals surface area contributed by atoms with Crippen molar-refractivity contribution in [2.45, 2.75) is 26.2 Å². The molecule has 0 atom stereocenters. The molecule has 32 heavy (non-hydrogen) atoms. The van der Waals surface area contributed by atoms with Crippen molar-refractivity contribution < 1.29 is 23.8 Å². The van der Waals surface area contributed by atoms with Crippen LogP contribution in [0.5, 0.6) is 17.2 Å². The zero-order valence-electron chi connectivity index (χ0n) is 18.9. The third-order valence-electron chi connectivity index (χ3n) is 5.47. The van der Waals surface area contributed by atoms with Crippen molar-refractivity contribution in [3.8, 4) is 17.2 Å². The molecule has 0 spiro atoms. The van der Waals surface area contributed by atoms with Gasteiger partial charge in [-0.3, -0.25) is 9.59 Å². The number of aryl methyl sites for hydroxylation is 1. The lowest BCUT2D eigenvalue weighted by Crippen LogP contribution is -2.50. The molecule has 1 fully saturated rings. The van der Waals surface area contributed by atoms with Gasteiger partial charge in [-0.2, -0.15) is 0 Å². The van der Waals surface area contributed by atoms with Gasteiger partial charge in [0.05, 0.1) is 26.7 Å². The lowest BCUT2D eigenvalue weighted by molar-refractivity contribution is -0.139. The first-order chi connectivity index (χ1) is 15.6. The van der Waals surface area contributed by atoms with Gasteiger partial charge in [0.15, 0.2) is 11.5 Å². The highest BCUT2D eigenvalue weighted by Gasteiger charge is 2.23. The molecule has 1 saturated heterocycles. The molecular formula is C25H32N2O5. The average Bonchev–Trinajstić information content (AvgIpc) is 2.84. The lowest BCUT2D eigenvalue weighted by atomic mass is 10.1. The Bertz CT molecular complexity index is 879. The summed E-state index contributed by atoms with van der Waals surface area (Å²) in [4.78, 5) is 28.7. The maximum absolute atomic E-state index is 12.6. The lowest BCUT2D eigenvalue weighted by Gasteiger charge is -2.35. The Morgan fingerprint density at radius 1 is 0.844 bits per heavy atom. The van der Waals surface area contributed by atoms with Gasteiger partial charge in [-0.05, 0) is 43.2 Å². The molecular weight excluding hydrogens is 408 g/mol. The molecule has 0 radical (unpaired) electrons. The molecule has 2 aromatic carbocycles. The van der Waals surface area contributed by atoms with Gasteiger partial charge in [-0.1, -0.05) is 24.3 Å². The molecule has 2 amide bonds. The van der Waals surface area contributed by atoms with Crippen molar-refractivity contribution in [3.05, 3.63) is 54.1 Å². The van der Waals surface area contributed by atoms with Crippen molar-refractivity contribution in [1.82, 2.24) is 9.80 Å². The van der Waals surface area contributed by atoms with E-state index in [0.29, 0.717) is 70.2 Å². The minimum Gasteiger partial charge on any atom is -0.493 e. The number of hydrogen-bond acceptors (Lipinski definition) is 5. The second-order valence-electron chi connectivity index (χ2n) is 7.59. The normalized spacial score (nSPS) is 13.6.